The van der Waals surface area contributed by atoms with Crippen LogP contribution in [0.5, 0.6) is 0 Å². The van der Waals surface area contributed by atoms with Gasteiger partial charge in [0, 0.05) is 38.4 Å². The molecule has 6 nitrogen and oxygen atoms in total. The Bertz CT molecular complexity index is 868. The SMILES string of the molecule is CN(C)c1ccc(NC(=O)CCN(c2ccccc2Cl)S(C)(=O)=O)cc1. The molecule has 0 aliphatic heterocycles. The Hall–Kier alpha value is -2.25. The molecule has 0 saturated carbocycles. The van der Waals surface area contributed by atoms with Gasteiger partial charge in [0.25, 0.3) is 0 Å². The molecule has 0 bridgehead atoms. The minimum absolute atomic E-state index is 0.00415. The van der Waals surface area contributed by atoms with E-state index in [4.69, 9.17) is 11.6 Å². The van der Waals surface area contributed by atoms with Gasteiger partial charge in [0.2, 0.25) is 15.9 Å². The molecule has 0 aliphatic rings. The van der Waals surface area contributed by atoms with Crippen molar-refractivity contribution in [1.82, 2.24) is 0 Å². The van der Waals surface area contributed by atoms with Gasteiger partial charge in [0.1, 0.15) is 0 Å². The fraction of sp³-hybridized carbons (Fsp3) is 0.278. The average Bonchev–Trinajstić information content (AvgIpc) is 2.56. The van der Waals surface area contributed by atoms with Crippen molar-refractivity contribution in [3.05, 3.63) is 53.6 Å². The number of benzene rings is 2. The van der Waals surface area contributed by atoms with E-state index in [9.17, 15) is 13.2 Å². The zero-order valence-electron chi connectivity index (χ0n) is 14.9. The summed E-state index contributed by atoms with van der Waals surface area (Å²) in [6.45, 7) is 0.00415. The first-order chi connectivity index (χ1) is 12.2. The van der Waals surface area contributed by atoms with Crippen molar-refractivity contribution in [3.63, 3.8) is 0 Å². The third kappa shape index (κ3) is 5.37. The maximum absolute atomic E-state index is 12.2. The molecule has 0 saturated heterocycles. The van der Waals surface area contributed by atoms with E-state index in [1.54, 1.807) is 36.4 Å². The van der Waals surface area contributed by atoms with E-state index in [1.807, 2.05) is 31.1 Å². The number of para-hydroxylation sites is 1. The highest BCUT2D eigenvalue weighted by Crippen LogP contribution is 2.27. The van der Waals surface area contributed by atoms with E-state index in [1.165, 1.54) is 0 Å². The van der Waals surface area contributed by atoms with Gasteiger partial charge >= 0.3 is 0 Å². The van der Waals surface area contributed by atoms with E-state index in [0.717, 1.165) is 16.2 Å². The first-order valence-electron chi connectivity index (χ1n) is 7.98. The van der Waals surface area contributed by atoms with Gasteiger partial charge in [-0.1, -0.05) is 23.7 Å². The Labute approximate surface area is 159 Å². The fourth-order valence-electron chi connectivity index (χ4n) is 2.39. The summed E-state index contributed by atoms with van der Waals surface area (Å²) >= 11 is 6.10. The number of sulfonamides is 1. The predicted molar refractivity (Wildman–Crippen MR) is 108 cm³/mol. The minimum atomic E-state index is -3.56. The summed E-state index contributed by atoms with van der Waals surface area (Å²) in [5.41, 5.74) is 2.04. The lowest BCUT2D eigenvalue weighted by Crippen LogP contribution is -2.33. The predicted octanol–water partition coefficient (Wildman–Crippen LogP) is 3.20. The highest BCUT2D eigenvalue weighted by atomic mass is 35.5. The number of rotatable bonds is 7. The molecule has 0 unspecified atom stereocenters. The topological polar surface area (TPSA) is 69.7 Å². The molecule has 8 heteroatoms. The minimum Gasteiger partial charge on any atom is -0.378 e. The Morgan fingerprint density at radius 2 is 1.69 bits per heavy atom. The number of amides is 1. The highest BCUT2D eigenvalue weighted by molar-refractivity contribution is 7.92. The maximum Gasteiger partial charge on any atom is 0.232 e. The Morgan fingerprint density at radius 3 is 2.23 bits per heavy atom. The molecule has 0 radical (unpaired) electrons. The van der Waals surface area contributed by atoms with Crippen LogP contribution in [-0.2, 0) is 14.8 Å². The largest absolute Gasteiger partial charge is 0.378 e. The molecule has 0 aromatic heterocycles. The van der Waals surface area contributed by atoms with Crippen molar-refractivity contribution >= 4 is 44.6 Å². The molecule has 0 fully saturated rings. The quantitative estimate of drug-likeness (QED) is 0.781. The number of nitrogens with one attached hydrogen (secondary N) is 1. The fourth-order valence-corrected chi connectivity index (χ4v) is 3.62. The molecular formula is C18H22ClN3O3S. The highest BCUT2D eigenvalue weighted by Gasteiger charge is 2.20. The average molecular weight is 396 g/mol. The van der Waals surface area contributed by atoms with Gasteiger partial charge in [-0.2, -0.15) is 0 Å². The van der Waals surface area contributed by atoms with E-state index >= 15 is 0 Å². The lowest BCUT2D eigenvalue weighted by molar-refractivity contribution is -0.116. The van der Waals surface area contributed by atoms with Gasteiger partial charge in [-0.3, -0.25) is 9.10 Å². The molecule has 0 heterocycles. The summed E-state index contributed by atoms with van der Waals surface area (Å²) in [6.07, 6.45) is 1.10. The maximum atomic E-state index is 12.2. The Morgan fingerprint density at radius 1 is 1.08 bits per heavy atom. The lowest BCUT2D eigenvalue weighted by atomic mass is 10.2. The summed E-state index contributed by atoms with van der Waals surface area (Å²) in [6, 6.07) is 14.0. The van der Waals surface area contributed by atoms with Gasteiger partial charge < -0.3 is 10.2 Å². The summed E-state index contributed by atoms with van der Waals surface area (Å²) in [7, 11) is 0.304. The van der Waals surface area contributed by atoms with E-state index in [2.05, 4.69) is 5.32 Å². The van der Waals surface area contributed by atoms with E-state index in [-0.39, 0.29) is 18.9 Å². The molecule has 0 spiro atoms. The second kappa shape index (κ2) is 8.42. The van der Waals surface area contributed by atoms with Gasteiger partial charge in [0.15, 0.2) is 0 Å². The van der Waals surface area contributed by atoms with Crippen LogP contribution in [-0.4, -0.2) is 41.2 Å². The number of nitrogens with zero attached hydrogens (tertiary/aromatic N) is 2. The van der Waals surface area contributed by atoms with E-state index < -0.39 is 10.0 Å². The monoisotopic (exact) mass is 395 g/mol. The van der Waals surface area contributed by atoms with E-state index in [0.29, 0.717) is 16.4 Å². The second-order valence-corrected chi connectivity index (χ2v) is 8.34. The lowest BCUT2D eigenvalue weighted by Gasteiger charge is -2.23. The normalized spacial score (nSPS) is 11.1. The number of carbonyl (C=O) groups excluding carboxylic acids is 1. The molecule has 2 aromatic carbocycles. The molecule has 0 aliphatic carbocycles. The van der Waals surface area contributed by atoms with Crippen LogP contribution in [0.15, 0.2) is 48.5 Å². The first-order valence-corrected chi connectivity index (χ1v) is 10.2. The summed E-state index contributed by atoms with van der Waals surface area (Å²) in [5.74, 6) is -0.275. The summed E-state index contributed by atoms with van der Waals surface area (Å²) in [4.78, 5) is 14.2. The molecule has 2 aromatic rings. The molecule has 2 rings (SSSR count). The molecule has 140 valence electrons. The van der Waals surface area contributed by atoms with Crippen molar-refractivity contribution in [2.45, 2.75) is 6.42 Å². The van der Waals surface area contributed by atoms with Crippen molar-refractivity contribution in [3.8, 4) is 0 Å². The van der Waals surface area contributed by atoms with Crippen LogP contribution in [0, 0.1) is 0 Å². The number of carbonyl (C=O) groups is 1. The molecule has 1 N–H and O–H groups in total. The number of hydrogen-bond acceptors (Lipinski definition) is 4. The zero-order chi connectivity index (χ0) is 19.3. The molecule has 0 atom stereocenters. The third-order valence-electron chi connectivity index (χ3n) is 3.73. The summed E-state index contributed by atoms with van der Waals surface area (Å²) < 4.78 is 25.3. The standard InChI is InChI=1S/C18H22ClN3O3S/c1-21(2)15-10-8-14(9-11-15)20-18(23)12-13-22(26(3,24)25)17-7-5-4-6-16(17)19/h4-11H,12-13H2,1-3H3,(H,20,23). The third-order valence-corrected chi connectivity index (χ3v) is 5.23. The smallest absolute Gasteiger partial charge is 0.232 e. The van der Waals surface area contributed by atoms with Crippen molar-refractivity contribution in [2.75, 3.05) is 41.4 Å². The number of hydrogen-bond donors (Lipinski definition) is 1. The van der Waals surface area contributed by atoms with Gasteiger partial charge in [-0.05, 0) is 36.4 Å². The number of anilines is 3. The van der Waals surface area contributed by atoms with Crippen LogP contribution in [0.2, 0.25) is 5.02 Å². The first kappa shape index (κ1) is 20.1. The van der Waals surface area contributed by atoms with Crippen LogP contribution in [0.25, 0.3) is 0 Å². The van der Waals surface area contributed by atoms with Crippen LogP contribution in [0.1, 0.15) is 6.42 Å². The van der Waals surface area contributed by atoms with Crippen molar-refractivity contribution < 1.29 is 13.2 Å². The Balaban J connectivity index is 2.04. The molecule has 1 amide bonds. The molecular weight excluding hydrogens is 374 g/mol. The van der Waals surface area contributed by atoms with Gasteiger partial charge in [0.05, 0.1) is 17.0 Å². The summed E-state index contributed by atoms with van der Waals surface area (Å²) in [5, 5.41) is 3.09. The van der Waals surface area contributed by atoms with Crippen LogP contribution >= 0.6 is 11.6 Å². The van der Waals surface area contributed by atoms with Crippen molar-refractivity contribution in [2.24, 2.45) is 0 Å². The van der Waals surface area contributed by atoms with Crippen LogP contribution in [0.4, 0.5) is 17.1 Å². The Kier molecular flexibility index (Phi) is 6.50. The zero-order valence-corrected chi connectivity index (χ0v) is 16.5. The van der Waals surface area contributed by atoms with Crippen molar-refractivity contribution in [1.29, 1.82) is 0 Å². The van der Waals surface area contributed by atoms with Crippen LogP contribution < -0.4 is 14.5 Å². The number of halogens is 1. The second-order valence-electron chi connectivity index (χ2n) is 6.03. The van der Waals surface area contributed by atoms with Crippen LogP contribution in [0.3, 0.4) is 0 Å². The van der Waals surface area contributed by atoms with Gasteiger partial charge in [-0.25, -0.2) is 8.42 Å². The van der Waals surface area contributed by atoms with Gasteiger partial charge in [-0.15, -0.1) is 0 Å². The molecule has 26 heavy (non-hydrogen) atoms.